The fourth-order valence-corrected chi connectivity index (χ4v) is 2.04. The molecule has 0 spiro atoms. The van der Waals surface area contributed by atoms with Crippen LogP contribution in [0, 0.1) is 0 Å². The van der Waals surface area contributed by atoms with E-state index in [1.54, 1.807) is 42.2 Å². The summed E-state index contributed by atoms with van der Waals surface area (Å²) >= 11 is 0. The van der Waals surface area contributed by atoms with Gasteiger partial charge in [0.25, 0.3) is 0 Å². The number of ether oxygens (including phenoxy) is 1. The molecule has 0 fully saturated rings. The highest BCUT2D eigenvalue weighted by Gasteiger charge is 2.13. The average molecular weight is 297 g/mol. The van der Waals surface area contributed by atoms with Gasteiger partial charge in [-0.25, -0.2) is 9.78 Å². The fourth-order valence-electron chi connectivity index (χ4n) is 2.04. The Kier molecular flexibility index (Phi) is 3.95. The Labute approximate surface area is 127 Å². The molecule has 7 heteroatoms. The zero-order valence-electron chi connectivity index (χ0n) is 12.1. The Bertz CT molecular complexity index is 785. The number of anilines is 1. The van der Waals surface area contributed by atoms with Crippen molar-refractivity contribution in [2.75, 3.05) is 11.9 Å². The van der Waals surface area contributed by atoms with Crippen LogP contribution in [0.5, 0.6) is 0 Å². The SMILES string of the molecule is CCOC(=O)c1cc(NCc2cccnc2)n2nccc2n1. The molecule has 0 unspecified atom stereocenters. The maximum absolute atomic E-state index is 11.9. The molecule has 0 aliphatic carbocycles. The van der Waals surface area contributed by atoms with E-state index in [2.05, 4.69) is 20.4 Å². The minimum Gasteiger partial charge on any atom is -0.461 e. The van der Waals surface area contributed by atoms with E-state index in [9.17, 15) is 4.79 Å². The first-order chi connectivity index (χ1) is 10.8. The quantitative estimate of drug-likeness (QED) is 0.724. The van der Waals surface area contributed by atoms with Crippen LogP contribution in [0.4, 0.5) is 5.82 Å². The van der Waals surface area contributed by atoms with Crippen molar-refractivity contribution in [3.8, 4) is 0 Å². The van der Waals surface area contributed by atoms with Crippen LogP contribution in [0.2, 0.25) is 0 Å². The number of esters is 1. The molecule has 1 N–H and O–H groups in total. The molecule has 0 atom stereocenters. The first-order valence-corrected chi connectivity index (χ1v) is 6.92. The zero-order chi connectivity index (χ0) is 15.4. The number of nitrogens with one attached hydrogen (secondary N) is 1. The minimum atomic E-state index is -0.448. The van der Waals surface area contributed by atoms with Crippen LogP contribution < -0.4 is 5.32 Å². The largest absolute Gasteiger partial charge is 0.461 e. The van der Waals surface area contributed by atoms with Gasteiger partial charge in [-0.1, -0.05) is 6.07 Å². The molecule has 3 aromatic heterocycles. The Morgan fingerprint density at radius 3 is 3.05 bits per heavy atom. The van der Waals surface area contributed by atoms with Crippen LogP contribution in [0.1, 0.15) is 23.0 Å². The van der Waals surface area contributed by atoms with E-state index in [4.69, 9.17) is 4.74 Å². The van der Waals surface area contributed by atoms with Crippen molar-refractivity contribution in [3.63, 3.8) is 0 Å². The molecular weight excluding hydrogens is 282 g/mol. The van der Waals surface area contributed by atoms with Crippen LogP contribution in [0.25, 0.3) is 5.65 Å². The van der Waals surface area contributed by atoms with Gasteiger partial charge in [0.05, 0.1) is 12.8 Å². The maximum atomic E-state index is 11.9. The number of aromatic nitrogens is 4. The molecule has 22 heavy (non-hydrogen) atoms. The van der Waals surface area contributed by atoms with Crippen LogP contribution in [0.3, 0.4) is 0 Å². The third-order valence-corrected chi connectivity index (χ3v) is 3.04. The number of nitrogens with zero attached hydrogens (tertiary/aromatic N) is 4. The fraction of sp³-hybridized carbons (Fsp3) is 0.200. The summed E-state index contributed by atoms with van der Waals surface area (Å²) in [6.07, 6.45) is 5.13. The van der Waals surface area contributed by atoms with Crippen molar-refractivity contribution in [1.82, 2.24) is 19.6 Å². The number of pyridine rings is 1. The van der Waals surface area contributed by atoms with E-state index < -0.39 is 5.97 Å². The van der Waals surface area contributed by atoms with E-state index >= 15 is 0 Å². The van der Waals surface area contributed by atoms with Gasteiger partial charge in [-0.3, -0.25) is 4.98 Å². The third kappa shape index (κ3) is 2.88. The Morgan fingerprint density at radius 1 is 1.36 bits per heavy atom. The Hall–Kier alpha value is -2.96. The van der Waals surface area contributed by atoms with Crippen LogP contribution >= 0.6 is 0 Å². The molecular formula is C15H15N5O2. The lowest BCUT2D eigenvalue weighted by Crippen LogP contribution is -2.12. The summed E-state index contributed by atoms with van der Waals surface area (Å²) in [4.78, 5) is 20.2. The van der Waals surface area contributed by atoms with Gasteiger partial charge in [0, 0.05) is 31.1 Å². The molecule has 0 amide bonds. The molecule has 3 heterocycles. The van der Waals surface area contributed by atoms with Crippen molar-refractivity contribution in [2.24, 2.45) is 0 Å². The molecule has 112 valence electrons. The summed E-state index contributed by atoms with van der Waals surface area (Å²) in [5, 5.41) is 7.44. The molecule has 3 aromatic rings. The van der Waals surface area contributed by atoms with Crippen molar-refractivity contribution in [3.05, 3.63) is 54.1 Å². The molecule has 0 aliphatic rings. The summed E-state index contributed by atoms with van der Waals surface area (Å²) in [5.41, 5.74) is 1.86. The van der Waals surface area contributed by atoms with Gasteiger partial charge < -0.3 is 10.1 Å². The van der Waals surface area contributed by atoms with Gasteiger partial charge in [0.2, 0.25) is 0 Å². The number of rotatable bonds is 5. The van der Waals surface area contributed by atoms with Crippen LogP contribution in [-0.2, 0) is 11.3 Å². The summed E-state index contributed by atoms with van der Waals surface area (Å²) in [6.45, 7) is 2.63. The third-order valence-electron chi connectivity index (χ3n) is 3.04. The van der Waals surface area contributed by atoms with Gasteiger partial charge in [0.1, 0.15) is 5.82 Å². The summed E-state index contributed by atoms with van der Waals surface area (Å²) in [6, 6.07) is 7.21. The average Bonchev–Trinajstić information content (AvgIpc) is 3.02. The predicted octanol–water partition coefficient (Wildman–Crippen LogP) is 1.91. The standard InChI is InChI=1S/C15H15N5O2/c1-2-22-15(21)12-8-14(20-13(19-12)5-7-18-20)17-10-11-4-3-6-16-9-11/h3-9,17H,2,10H2,1H3. The summed E-state index contributed by atoms with van der Waals surface area (Å²) in [5.74, 6) is 0.220. The lowest BCUT2D eigenvalue weighted by atomic mass is 10.3. The first kappa shape index (κ1) is 14.0. The number of carbonyl (C=O) groups excluding carboxylic acids is 1. The predicted molar refractivity (Wildman–Crippen MR) is 80.5 cm³/mol. The second kappa shape index (κ2) is 6.21. The minimum absolute atomic E-state index is 0.253. The Balaban J connectivity index is 1.90. The van der Waals surface area contributed by atoms with E-state index in [1.165, 1.54) is 0 Å². The molecule has 0 radical (unpaired) electrons. The van der Waals surface area contributed by atoms with E-state index in [-0.39, 0.29) is 5.69 Å². The highest BCUT2D eigenvalue weighted by Crippen LogP contribution is 2.14. The smallest absolute Gasteiger partial charge is 0.357 e. The number of carbonyl (C=O) groups is 1. The van der Waals surface area contributed by atoms with Gasteiger partial charge >= 0.3 is 5.97 Å². The zero-order valence-corrected chi connectivity index (χ0v) is 12.1. The van der Waals surface area contributed by atoms with Gasteiger partial charge in [-0.2, -0.15) is 9.61 Å². The van der Waals surface area contributed by atoms with Gasteiger partial charge in [-0.05, 0) is 18.6 Å². The first-order valence-electron chi connectivity index (χ1n) is 6.92. The van der Waals surface area contributed by atoms with Crippen molar-refractivity contribution in [2.45, 2.75) is 13.5 Å². The molecule has 0 aromatic carbocycles. The monoisotopic (exact) mass is 297 g/mol. The summed E-state index contributed by atoms with van der Waals surface area (Å²) in [7, 11) is 0. The molecule has 7 nitrogen and oxygen atoms in total. The second-order valence-corrected chi connectivity index (χ2v) is 4.56. The van der Waals surface area contributed by atoms with E-state index in [0.717, 1.165) is 5.56 Å². The molecule has 0 saturated carbocycles. The lowest BCUT2D eigenvalue weighted by Gasteiger charge is -2.10. The molecule has 3 rings (SSSR count). The van der Waals surface area contributed by atoms with Crippen molar-refractivity contribution >= 4 is 17.4 Å². The van der Waals surface area contributed by atoms with Crippen LogP contribution in [0.15, 0.2) is 42.9 Å². The lowest BCUT2D eigenvalue weighted by molar-refractivity contribution is 0.0519. The molecule has 0 bridgehead atoms. The number of fused-ring (bicyclic) bond motifs is 1. The Morgan fingerprint density at radius 2 is 2.27 bits per heavy atom. The normalized spacial score (nSPS) is 10.6. The second-order valence-electron chi connectivity index (χ2n) is 4.56. The highest BCUT2D eigenvalue weighted by atomic mass is 16.5. The highest BCUT2D eigenvalue weighted by molar-refractivity contribution is 5.88. The topological polar surface area (TPSA) is 81.4 Å². The van der Waals surface area contributed by atoms with Gasteiger partial charge in [-0.15, -0.1) is 0 Å². The van der Waals surface area contributed by atoms with Crippen molar-refractivity contribution in [1.29, 1.82) is 0 Å². The number of hydrogen-bond acceptors (Lipinski definition) is 6. The molecule has 0 saturated heterocycles. The van der Waals surface area contributed by atoms with E-state index in [0.29, 0.717) is 24.6 Å². The summed E-state index contributed by atoms with van der Waals surface area (Å²) < 4.78 is 6.64. The van der Waals surface area contributed by atoms with Crippen molar-refractivity contribution < 1.29 is 9.53 Å². The molecule has 0 aliphatic heterocycles. The van der Waals surface area contributed by atoms with Crippen LogP contribution in [-0.4, -0.2) is 32.2 Å². The maximum Gasteiger partial charge on any atom is 0.357 e. The van der Waals surface area contributed by atoms with E-state index in [1.807, 2.05) is 12.1 Å². The number of hydrogen-bond donors (Lipinski definition) is 1. The van der Waals surface area contributed by atoms with Gasteiger partial charge in [0.15, 0.2) is 11.3 Å².